The number of hydrogen-bond donors (Lipinski definition) is 1. The van der Waals surface area contributed by atoms with Crippen LogP contribution in [-0.2, 0) is 5.79 Å². The van der Waals surface area contributed by atoms with Crippen LogP contribution in [0.1, 0.15) is 63.9 Å². The predicted molar refractivity (Wildman–Crippen MR) is 119 cm³/mol. The molecule has 32 heavy (non-hydrogen) atoms. The van der Waals surface area contributed by atoms with Crippen molar-refractivity contribution in [3.05, 3.63) is 95.1 Å². The smallest absolute Gasteiger partial charge is 0.339 e. The number of carboxylic acids is 1. The Morgan fingerprint density at radius 3 is 1.97 bits per heavy atom. The number of Topliss-reactive ketones (excluding diaryl/α,β-unsaturated/α-hetero) is 1. The average molecular weight is 428 g/mol. The number of fused-ring (bicyclic) bond motifs is 1. The Labute approximate surface area is 186 Å². The first-order valence-corrected chi connectivity index (χ1v) is 11.0. The van der Waals surface area contributed by atoms with Crippen molar-refractivity contribution < 1.29 is 24.2 Å². The van der Waals surface area contributed by atoms with E-state index in [1.165, 1.54) is 6.07 Å². The van der Waals surface area contributed by atoms with E-state index in [2.05, 4.69) is 0 Å². The normalized spacial score (nSPS) is 17.1. The molecule has 1 N–H and O–H groups in total. The Kier molecular flexibility index (Phi) is 5.17. The molecular weight excluding hydrogens is 404 g/mol. The summed E-state index contributed by atoms with van der Waals surface area (Å²) in [6, 6.07) is 21.9. The number of ether oxygens (including phenoxy) is 2. The zero-order valence-electron chi connectivity index (χ0n) is 17.6. The fourth-order valence-corrected chi connectivity index (χ4v) is 4.72. The maximum atomic E-state index is 13.2. The van der Waals surface area contributed by atoms with Gasteiger partial charge in [0.2, 0.25) is 0 Å². The lowest BCUT2D eigenvalue weighted by Gasteiger charge is -2.28. The second kappa shape index (κ2) is 8.15. The Hall–Kier alpha value is -3.60. The summed E-state index contributed by atoms with van der Waals surface area (Å²) in [5.74, 6) is -2.15. The first kappa shape index (κ1) is 20.3. The van der Waals surface area contributed by atoms with E-state index in [9.17, 15) is 14.7 Å². The van der Waals surface area contributed by atoms with E-state index in [0.717, 1.165) is 43.2 Å². The Balaban J connectivity index is 1.62. The highest BCUT2D eigenvalue weighted by Crippen LogP contribution is 2.50. The molecule has 0 spiro atoms. The molecule has 1 heterocycles. The van der Waals surface area contributed by atoms with Crippen molar-refractivity contribution in [2.75, 3.05) is 0 Å². The lowest BCUT2D eigenvalue weighted by Crippen LogP contribution is -2.36. The molecule has 5 rings (SSSR count). The summed E-state index contributed by atoms with van der Waals surface area (Å²) < 4.78 is 12.7. The Morgan fingerprint density at radius 1 is 0.812 bits per heavy atom. The largest absolute Gasteiger partial charge is 0.478 e. The number of benzene rings is 3. The molecule has 3 aromatic carbocycles. The van der Waals surface area contributed by atoms with E-state index in [-0.39, 0.29) is 28.8 Å². The van der Waals surface area contributed by atoms with Crippen LogP contribution in [0.3, 0.4) is 0 Å². The van der Waals surface area contributed by atoms with Gasteiger partial charge < -0.3 is 14.6 Å². The molecule has 0 saturated heterocycles. The summed E-state index contributed by atoms with van der Waals surface area (Å²) in [5.41, 5.74) is 1.78. The molecule has 0 unspecified atom stereocenters. The highest BCUT2D eigenvalue weighted by atomic mass is 16.7. The van der Waals surface area contributed by atoms with E-state index < -0.39 is 11.8 Å². The van der Waals surface area contributed by atoms with Crippen molar-refractivity contribution in [1.29, 1.82) is 0 Å². The van der Waals surface area contributed by atoms with E-state index in [0.29, 0.717) is 5.56 Å². The zero-order valence-corrected chi connectivity index (χ0v) is 17.6. The van der Waals surface area contributed by atoms with Gasteiger partial charge in [-0.25, -0.2) is 4.79 Å². The second-order valence-electron chi connectivity index (χ2n) is 8.41. The molecule has 1 aliphatic heterocycles. The molecule has 0 amide bonds. The minimum Gasteiger partial charge on any atom is -0.478 e. The first-order chi connectivity index (χ1) is 15.6. The maximum Gasteiger partial charge on any atom is 0.339 e. The third-order valence-corrected chi connectivity index (χ3v) is 6.35. The van der Waals surface area contributed by atoms with E-state index in [1.54, 1.807) is 6.07 Å². The standard InChI is InChI=1S/C27H24O5/c28-24(18-10-4-1-5-11-18)19-16-22(26(29)30)25-23(17-19)31-27(32-25,20-12-6-2-7-13-20)21-14-8-3-9-15-21/h2-3,6-9,12-18H,1,4-5,10-11H2,(H,29,30). The van der Waals surface area contributed by atoms with Gasteiger partial charge in [-0.15, -0.1) is 0 Å². The Bertz CT molecular complexity index is 1110. The van der Waals surface area contributed by atoms with Gasteiger partial charge in [0.15, 0.2) is 17.3 Å². The minimum absolute atomic E-state index is 0.0180. The van der Waals surface area contributed by atoms with Crippen LogP contribution < -0.4 is 9.47 Å². The van der Waals surface area contributed by atoms with Crippen LogP contribution in [0.5, 0.6) is 11.5 Å². The zero-order chi connectivity index (χ0) is 22.1. The van der Waals surface area contributed by atoms with Crippen molar-refractivity contribution in [2.24, 2.45) is 5.92 Å². The predicted octanol–water partition coefficient (Wildman–Crippen LogP) is 5.82. The lowest BCUT2D eigenvalue weighted by molar-refractivity contribution is -0.0462. The highest BCUT2D eigenvalue weighted by molar-refractivity contribution is 6.02. The quantitative estimate of drug-likeness (QED) is 0.519. The number of carboxylic acid groups (broad SMARTS) is 1. The maximum absolute atomic E-state index is 13.2. The average Bonchev–Trinajstić information content (AvgIpc) is 3.25. The van der Waals surface area contributed by atoms with Crippen molar-refractivity contribution in [2.45, 2.75) is 37.9 Å². The summed E-state index contributed by atoms with van der Waals surface area (Å²) in [6.07, 6.45) is 4.87. The SMILES string of the molecule is O=C(O)c1cc(C(=O)C2CCCCC2)cc2c1OC(c1ccccc1)(c1ccccc1)O2. The first-order valence-electron chi connectivity index (χ1n) is 11.0. The van der Waals surface area contributed by atoms with Crippen LogP contribution in [0.25, 0.3) is 0 Å². The van der Waals surface area contributed by atoms with Gasteiger partial charge in [0, 0.05) is 22.6 Å². The molecule has 3 aromatic rings. The number of hydrogen-bond acceptors (Lipinski definition) is 4. The monoisotopic (exact) mass is 428 g/mol. The molecule has 5 nitrogen and oxygen atoms in total. The molecular formula is C27H24O5. The summed E-state index contributed by atoms with van der Waals surface area (Å²) in [7, 11) is 0. The third kappa shape index (κ3) is 3.44. The summed E-state index contributed by atoms with van der Waals surface area (Å²) >= 11 is 0. The number of carbonyl (C=O) groups is 2. The van der Waals surface area contributed by atoms with Gasteiger partial charge in [-0.3, -0.25) is 4.79 Å². The number of aromatic carboxylic acids is 1. The van der Waals surface area contributed by atoms with Crippen molar-refractivity contribution >= 4 is 11.8 Å². The fraction of sp³-hybridized carbons (Fsp3) is 0.259. The molecule has 0 bridgehead atoms. The van der Waals surface area contributed by atoms with Gasteiger partial charge in [0.05, 0.1) is 0 Å². The molecule has 1 saturated carbocycles. The van der Waals surface area contributed by atoms with Gasteiger partial charge >= 0.3 is 11.8 Å². The van der Waals surface area contributed by atoms with Crippen LogP contribution in [-0.4, -0.2) is 16.9 Å². The van der Waals surface area contributed by atoms with Crippen LogP contribution in [0.4, 0.5) is 0 Å². The van der Waals surface area contributed by atoms with Crippen LogP contribution in [0, 0.1) is 5.92 Å². The van der Waals surface area contributed by atoms with Crippen molar-refractivity contribution in [3.63, 3.8) is 0 Å². The molecule has 1 aliphatic carbocycles. The molecule has 1 fully saturated rings. The van der Waals surface area contributed by atoms with E-state index in [1.807, 2.05) is 60.7 Å². The molecule has 0 radical (unpaired) electrons. The van der Waals surface area contributed by atoms with Gasteiger partial charge in [-0.05, 0) is 25.0 Å². The highest BCUT2D eigenvalue weighted by Gasteiger charge is 2.47. The van der Waals surface area contributed by atoms with Gasteiger partial charge in [-0.1, -0.05) is 79.9 Å². The number of carbonyl (C=O) groups excluding carboxylic acids is 1. The molecule has 5 heteroatoms. The molecule has 162 valence electrons. The van der Waals surface area contributed by atoms with Crippen LogP contribution >= 0.6 is 0 Å². The van der Waals surface area contributed by atoms with Gasteiger partial charge in [0.1, 0.15) is 5.56 Å². The van der Waals surface area contributed by atoms with Gasteiger partial charge in [-0.2, -0.15) is 0 Å². The Morgan fingerprint density at radius 2 is 1.41 bits per heavy atom. The summed E-state index contributed by atoms with van der Waals surface area (Å²) in [6.45, 7) is 0. The van der Waals surface area contributed by atoms with Crippen molar-refractivity contribution in [3.8, 4) is 11.5 Å². The van der Waals surface area contributed by atoms with E-state index >= 15 is 0 Å². The molecule has 0 atom stereocenters. The fourth-order valence-electron chi connectivity index (χ4n) is 4.72. The summed E-state index contributed by atoms with van der Waals surface area (Å²) in [5, 5.41) is 9.93. The van der Waals surface area contributed by atoms with Crippen LogP contribution in [0.2, 0.25) is 0 Å². The third-order valence-electron chi connectivity index (χ3n) is 6.35. The van der Waals surface area contributed by atoms with Gasteiger partial charge in [0.25, 0.3) is 0 Å². The molecule has 2 aliphatic rings. The van der Waals surface area contributed by atoms with Crippen LogP contribution in [0.15, 0.2) is 72.8 Å². The topological polar surface area (TPSA) is 72.8 Å². The number of rotatable bonds is 5. The second-order valence-corrected chi connectivity index (χ2v) is 8.41. The summed E-state index contributed by atoms with van der Waals surface area (Å²) in [4.78, 5) is 25.3. The molecule has 0 aromatic heterocycles. The van der Waals surface area contributed by atoms with Crippen molar-refractivity contribution in [1.82, 2.24) is 0 Å². The number of ketones is 1. The minimum atomic E-state index is -1.33. The lowest BCUT2D eigenvalue weighted by atomic mass is 9.83. The van der Waals surface area contributed by atoms with E-state index in [4.69, 9.17) is 9.47 Å².